The molecule has 1 aromatic rings. The third-order valence-corrected chi connectivity index (χ3v) is 2.54. The van der Waals surface area contributed by atoms with Gasteiger partial charge in [-0.3, -0.25) is 4.79 Å². The van der Waals surface area contributed by atoms with Gasteiger partial charge in [-0.05, 0) is 13.0 Å². The highest BCUT2D eigenvalue weighted by molar-refractivity contribution is 5.91. The van der Waals surface area contributed by atoms with E-state index < -0.39 is 0 Å². The third-order valence-electron chi connectivity index (χ3n) is 2.54. The number of carbonyl (C=O) groups excluding carboxylic acids is 1. The molecule has 0 spiro atoms. The Bertz CT molecular complexity index is 353. The van der Waals surface area contributed by atoms with E-state index in [0.717, 1.165) is 19.5 Å². The SMILES string of the molecule is CN(C)C(=O)c1cn([C@H]2CCNC2)nn1. The summed E-state index contributed by atoms with van der Waals surface area (Å²) >= 11 is 0. The summed E-state index contributed by atoms with van der Waals surface area (Å²) in [5, 5.41) is 11.1. The van der Waals surface area contributed by atoms with Crippen LogP contribution in [0.4, 0.5) is 0 Å². The minimum absolute atomic E-state index is 0.104. The van der Waals surface area contributed by atoms with Gasteiger partial charge in [0.25, 0.3) is 5.91 Å². The lowest BCUT2D eigenvalue weighted by molar-refractivity contribution is 0.0822. The number of aromatic nitrogens is 3. The Morgan fingerprint density at radius 3 is 3.07 bits per heavy atom. The molecule has 15 heavy (non-hydrogen) atoms. The molecule has 82 valence electrons. The predicted octanol–water partition coefficient (Wildman–Crippen LogP) is -0.486. The summed E-state index contributed by atoms with van der Waals surface area (Å²) in [6, 6.07) is 0.334. The first-order chi connectivity index (χ1) is 7.18. The van der Waals surface area contributed by atoms with Crippen LogP contribution >= 0.6 is 0 Å². The predicted molar refractivity (Wildman–Crippen MR) is 54.6 cm³/mol. The molecular formula is C9H15N5O. The molecule has 1 aliphatic heterocycles. The maximum absolute atomic E-state index is 11.6. The zero-order valence-corrected chi connectivity index (χ0v) is 8.97. The lowest BCUT2D eigenvalue weighted by Gasteiger charge is -2.07. The van der Waals surface area contributed by atoms with Crippen LogP contribution in [0.3, 0.4) is 0 Å². The number of hydrogen-bond acceptors (Lipinski definition) is 4. The maximum Gasteiger partial charge on any atom is 0.275 e. The van der Waals surface area contributed by atoms with Crippen molar-refractivity contribution < 1.29 is 4.79 Å². The lowest BCUT2D eigenvalue weighted by Crippen LogP contribution is -2.22. The fourth-order valence-electron chi connectivity index (χ4n) is 1.65. The van der Waals surface area contributed by atoms with E-state index in [4.69, 9.17) is 0 Å². The van der Waals surface area contributed by atoms with Crippen LogP contribution in [0.1, 0.15) is 23.0 Å². The molecule has 1 amide bonds. The van der Waals surface area contributed by atoms with Gasteiger partial charge in [-0.25, -0.2) is 4.68 Å². The van der Waals surface area contributed by atoms with E-state index in [2.05, 4.69) is 15.6 Å². The van der Waals surface area contributed by atoms with Gasteiger partial charge in [-0.2, -0.15) is 0 Å². The summed E-state index contributed by atoms with van der Waals surface area (Å²) in [5.41, 5.74) is 0.409. The van der Waals surface area contributed by atoms with E-state index in [0.29, 0.717) is 11.7 Å². The first-order valence-corrected chi connectivity index (χ1v) is 5.02. The van der Waals surface area contributed by atoms with Crippen molar-refractivity contribution in [2.45, 2.75) is 12.5 Å². The summed E-state index contributed by atoms with van der Waals surface area (Å²) in [4.78, 5) is 13.1. The van der Waals surface area contributed by atoms with E-state index in [1.54, 1.807) is 25.0 Å². The smallest absolute Gasteiger partial charge is 0.275 e. The lowest BCUT2D eigenvalue weighted by atomic mass is 10.3. The average molecular weight is 209 g/mol. The summed E-state index contributed by atoms with van der Waals surface area (Å²) in [7, 11) is 3.41. The molecule has 0 bridgehead atoms. The average Bonchev–Trinajstić information content (AvgIpc) is 2.86. The van der Waals surface area contributed by atoms with Gasteiger partial charge in [0.15, 0.2) is 5.69 Å². The van der Waals surface area contributed by atoms with Crippen LogP contribution < -0.4 is 5.32 Å². The van der Waals surface area contributed by atoms with Gasteiger partial charge >= 0.3 is 0 Å². The molecule has 0 aromatic carbocycles. The fraction of sp³-hybridized carbons (Fsp3) is 0.667. The van der Waals surface area contributed by atoms with Crippen molar-refractivity contribution in [3.63, 3.8) is 0 Å². The van der Waals surface area contributed by atoms with Gasteiger partial charge in [-0.15, -0.1) is 5.10 Å². The second-order valence-electron chi connectivity index (χ2n) is 3.93. The first kappa shape index (κ1) is 10.1. The fourth-order valence-corrected chi connectivity index (χ4v) is 1.65. The molecule has 0 aliphatic carbocycles. The third kappa shape index (κ3) is 1.99. The zero-order chi connectivity index (χ0) is 10.8. The van der Waals surface area contributed by atoms with Crippen molar-refractivity contribution in [1.29, 1.82) is 0 Å². The van der Waals surface area contributed by atoms with Gasteiger partial charge in [0, 0.05) is 20.6 Å². The Hall–Kier alpha value is -1.43. The van der Waals surface area contributed by atoms with Crippen LogP contribution in [0.15, 0.2) is 6.20 Å². The van der Waals surface area contributed by atoms with E-state index in [1.165, 1.54) is 4.90 Å². The molecule has 1 fully saturated rings. The molecular weight excluding hydrogens is 194 g/mol. The minimum Gasteiger partial charge on any atom is -0.343 e. The monoisotopic (exact) mass is 209 g/mol. The molecule has 6 nitrogen and oxygen atoms in total. The van der Waals surface area contributed by atoms with Crippen molar-refractivity contribution in [2.75, 3.05) is 27.2 Å². The summed E-state index contributed by atoms with van der Waals surface area (Å²) in [5.74, 6) is -0.104. The van der Waals surface area contributed by atoms with Gasteiger partial charge in [0.05, 0.1) is 12.2 Å². The minimum atomic E-state index is -0.104. The molecule has 1 aliphatic rings. The quantitative estimate of drug-likeness (QED) is 0.714. The molecule has 1 atom stereocenters. The molecule has 0 unspecified atom stereocenters. The van der Waals surface area contributed by atoms with Crippen molar-refractivity contribution in [1.82, 2.24) is 25.2 Å². The summed E-state index contributed by atoms with van der Waals surface area (Å²) in [6.45, 7) is 1.90. The molecule has 6 heteroatoms. The number of carbonyl (C=O) groups is 1. The first-order valence-electron chi connectivity index (χ1n) is 5.02. The molecule has 0 saturated carbocycles. The summed E-state index contributed by atoms with van der Waals surface area (Å²) in [6.07, 6.45) is 2.76. The molecule has 1 N–H and O–H groups in total. The Morgan fingerprint density at radius 1 is 1.67 bits per heavy atom. The highest BCUT2D eigenvalue weighted by Gasteiger charge is 2.20. The standard InChI is InChI=1S/C9H15N5O/c1-13(2)9(15)8-6-14(12-11-8)7-3-4-10-5-7/h6-7,10H,3-5H2,1-2H3/t7-/m0/s1. The Kier molecular flexibility index (Phi) is 2.68. The van der Waals surface area contributed by atoms with E-state index >= 15 is 0 Å². The Balaban J connectivity index is 2.12. The topological polar surface area (TPSA) is 63.1 Å². The highest BCUT2D eigenvalue weighted by Crippen LogP contribution is 2.13. The van der Waals surface area contributed by atoms with Crippen molar-refractivity contribution in [2.24, 2.45) is 0 Å². The van der Waals surface area contributed by atoms with Crippen LogP contribution in [-0.4, -0.2) is 53.0 Å². The zero-order valence-electron chi connectivity index (χ0n) is 8.97. The van der Waals surface area contributed by atoms with Crippen LogP contribution in [0.5, 0.6) is 0 Å². The van der Waals surface area contributed by atoms with E-state index in [9.17, 15) is 4.79 Å². The van der Waals surface area contributed by atoms with Crippen LogP contribution in [0.25, 0.3) is 0 Å². The van der Waals surface area contributed by atoms with Crippen molar-refractivity contribution in [3.05, 3.63) is 11.9 Å². The normalized spacial score (nSPS) is 20.5. The molecule has 0 radical (unpaired) electrons. The highest BCUT2D eigenvalue weighted by atomic mass is 16.2. The Morgan fingerprint density at radius 2 is 2.47 bits per heavy atom. The largest absolute Gasteiger partial charge is 0.343 e. The van der Waals surface area contributed by atoms with Gasteiger partial charge in [0.2, 0.25) is 0 Å². The Labute approximate surface area is 88.2 Å². The van der Waals surface area contributed by atoms with E-state index in [1.807, 2.05) is 0 Å². The number of rotatable bonds is 2. The van der Waals surface area contributed by atoms with Crippen molar-refractivity contribution in [3.8, 4) is 0 Å². The van der Waals surface area contributed by atoms with Crippen molar-refractivity contribution >= 4 is 5.91 Å². The van der Waals surface area contributed by atoms with E-state index in [-0.39, 0.29) is 5.91 Å². The van der Waals surface area contributed by atoms with Gasteiger partial charge in [0.1, 0.15) is 0 Å². The summed E-state index contributed by atoms with van der Waals surface area (Å²) < 4.78 is 1.77. The second kappa shape index (κ2) is 3.98. The van der Waals surface area contributed by atoms with Gasteiger partial charge < -0.3 is 10.2 Å². The number of nitrogens with zero attached hydrogens (tertiary/aromatic N) is 4. The molecule has 2 heterocycles. The van der Waals surface area contributed by atoms with Crippen LogP contribution in [0, 0.1) is 0 Å². The van der Waals surface area contributed by atoms with Crippen LogP contribution in [-0.2, 0) is 0 Å². The molecule has 1 aromatic heterocycles. The number of hydrogen-bond donors (Lipinski definition) is 1. The maximum atomic E-state index is 11.6. The van der Waals surface area contributed by atoms with Crippen LogP contribution in [0.2, 0.25) is 0 Å². The molecule has 1 saturated heterocycles. The number of amides is 1. The molecule has 2 rings (SSSR count). The number of nitrogens with one attached hydrogen (secondary N) is 1. The van der Waals surface area contributed by atoms with Gasteiger partial charge in [-0.1, -0.05) is 5.21 Å². The second-order valence-corrected chi connectivity index (χ2v) is 3.93.